The summed E-state index contributed by atoms with van der Waals surface area (Å²) < 4.78 is 1.79. The van der Waals surface area contributed by atoms with Crippen LogP contribution in [0.15, 0.2) is 46.2 Å². The summed E-state index contributed by atoms with van der Waals surface area (Å²) in [5, 5.41) is 27.7. The molecule has 0 radical (unpaired) electrons. The number of thiazole rings is 1. The molecule has 0 spiro atoms. The van der Waals surface area contributed by atoms with E-state index >= 15 is 0 Å². The first-order valence-electron chi connectivity index (χ1n) is 11.2. The van der Waals surface area contributed by atoms with Gasteiger partial charge < -0.3 is 30.9 Å². The van der Waals surface area contributed by atoms with Crippen LogP contribution in [0.25, 0.3) is 0 Å². The molecule has 0 saturated carbocycles. The van der Waals surface area contributed by atoms with Crippen LogP contribution in [-0.4, -0.2) is 78.0 Å². The highest BCUT2D eigenvalue weighted by atomic mass is 32.2. The Labute approximate surface area is 234 Å². The maximum Gasteiger partial charge on any atom is 0.359 e. The van der Waals surface area contributed by atoms with E-state index in [4.69, 9.17) is 10.6 Å². The topological polar surface area (TPSA) is 204 Å². The van der Waals surface area contributed by atoms with Gasteiger partial charge in [-0.25, -0.2) is 14.3 Å². The van der Waals surface area contributed by atoms with E-state index in [1.807, 2.05) is 13.2 Å². The molecule has 2 aliphatic rings. The first-order valence-corrected chi connectivity index (χ1v) is 14.1. The summed E-state index contributed by atoms with van der Waals surface area (Å²) in [6.07, 6.45) is 4.70. The number of nitrogens with one attached hydrogen (secondary N) is 1. The third-order valence-corrected chi connectivity index (χ3v) is 8.95. The van der Waals surface area contributed by atoms with Crippen molar-refractivity contribution < 1.29 is 38.8 Å². The van der Waals surface area contributed by atoms with Crippen LogP contribution in [0.5, 0.6) is 0 Å². The number of oxime groups is 1. The summed E-state index contributed by atoms with van der Waals surface area (Å²) in [5.74, 6) is -3.73. The Kier molecular flexibility index (Phi) is 8.12. The van der Waals surface area contributed by atoms with Gasteiger partial charge in [-0.2, -0.15) is 0 Å². The molecule has 0 bridgehead atoms. The Morgan fingerprint density at radius 2 is 2.15 bits per heavy atom. The number of amides is 2. The second-order valence-electron chi connectivity index (χ2n) is 8.81. The Morgan fingerprint density at radius 3 is 2.77 bits per heavy atom. The zero-order valence-electron chi connectivity index (χ0n) is 20.8. The average molecular weight is 594 g/mol. The number of anilines is 1. The molecular formula is C22H23N7O7S3. The highest BCUT2D eigenvalue weighted by Crippen LogP contribution is 2.41. The van der Waals surface area contributed by atoms with Crippen LogP contribution >= 0.6 is 34.9 Å². The van der Waals surface area contributed by atoms with Crippen LogP contribution in [0.4, 0.5) is 5.13 Å². The Hall–Kier alpha value is -3.70. The van der Waals surface area contributed by atoms with E-state index in [0.29, 0.717) is 10.7 Å². The van der Waals surface area contributed by atoms with E-state index in [1.54, 1.807) is 16.8 Å². The summed E-state index contributed by atoms with van der Waals surface area (Å²) in [5.41, 5.74) is 3.86. The zero-order valence-corrected chi connectivity index (χ0v) is 23.3. The quantitative estimate of drug-likeness (QED) is 0.0736. The van der Waals surface area contributed by atoms with E-state index in [1.165, 1.54) is 43.6 Å². The number of aromatic nitrogens is 3. The monoisotopic (exact) mass is 593 g/mol. The molecule has 2 aliphatic heterocycles. The fourth-order valence-corrected chi connectivity index (χ4v) is 6.59. The number of nitrogens with two attached hydrogens (primary N) is 1. The van der Waals surface area contributed by atoms with Gasteiger partial charge in [-0.1, -0.05) is 16.5 Å². The van der Waals surface area contributed by atoms with Gasteiger partial charge >= 0.3 is 11.1 Å². The van der Waals surface area contributed by atoms with Crippen molar-refractivity contribution in [1.29, 1.82) is 0 Å². The minimum absolute atomic E-state index is 0.130. The molecule has 2 unspecified atom stereocenters. The summed E-state index contributed by atoms with van der Waals surface area (Å²) in [4.78, 5) is 64.2. The molecule has 2 atom stereocenters. The van der Waals surface area contributed by atoms with Crippen LogP contribution in [0, 0.1) is 0 Å². The van der Waals surface area contributed by atoms with Crippen molar-refractivity contribution in [3.63, 3.8) is 0 Å². The minimum Gasteiger partial charge on any atom is -0.543 e. The molecule has 2 amide bonds. The van der Waals surface area contributed by atoms with Crippen LogP contribution in [0.1, 0.15) is 18.7 Å². The van der Waals surface area contributed by atoms with Crippen LogP contribution in [0.2, 0.25) is 0 Å². The van der Waals surface area contributed by atoms with Gasteiger partial charge in [0.15, 0.2) is 10.8 Å². The number of carbonyl (C=O) groups is 4. The number of carboxylic acids is 2. The van der Waals surface area contributed by atoms with Gasteiger partial charge in [-0.3, -0.25) is 14.5 Å². The second-order valence-corrected chi connectivity index (χ2v) is 11.9. The van der Waals surface area contributed by atoms with Crippen molar-refractivity contribution in [2.45, 2.75) is 36.0 Å². The lowest BCUT2D eigenvalue weighted by atomic mass is 10.0. The van der Waals surface area contributed by atoms with Gasteiger partial charge in [0.25, 0.3) is 11.8 Å². The molecule has 39 heavy (non-hydrogen) atoms. The Balaban J connectivity index is 1.52. The van der Waals surface area contributed by atoms with Crippen molar-refractivity contribution in [1.82, 2.24) is 20.2 Å². The van der Waals surface area contributed by atoms with Gasteiger partial charge in [0, 0.05) is 23.8 Å². The SMILES string of the molecule is C[n+]1cccnc1SCC1=C(C(=O)[O-])N2C(=O)C(NC(=O)/C(=N\OC(C)(C)C(=O)O)c3cnc(N)s3)C2SC1. The van der Waals surface area contributed by atoms with Gasteiger partial charge in [-0.05, 0) is 36.2 Å². The van der Waals surface area contributed by atoms with Crippen LogP contribution in [0.3, 0.4) is 0 Å². The highest BCUT2D eigenvalue weighted by molar-refractivity contribution is 8.01. The molecule has 1 fully saturated rings. The third kappa shape index (κ3) is 5.84. The molecule has 1 saturated heterocycles. The predicted molar refractivity (Wildman–Crippen MR) is 139 cm³/mol. The first-order chi connectivity index (χ1) is 18.4. The fourth-order valence-electron chi connectivity index (χ4n) is 3.51. The molecule has 14 nitrogen and oxygen atoms in total. The molecule has 0 aliphatic carbocycles. The van der Waals surface area contributed by atoms with E-state index in [0.717, 1.165) is 16.2 Å². The highest BCUT2D eigenvalue weighted by Gasteiger charge is 2.53. The number of rotatable bonds is 10. The standard InChI is InChI=1S/C22H23N7O7S3/c1-22(2,19(34)35)36-27-12(11-7-25-20(23)39-11)15(30)26-13-16(31)29-14(18(32)33)10(8-37-17(13)29)9-38-21-24-5-4-6-28(21)3/h4-7,13,17H,8-9H2,1-3H3,(H4-,23,25,26,27,30,32,33,34,35). The summed E-state index contributed by atoms with van der Waals surface area (Å²) in [6.45, 7) is 2.50. The van der Waals surface area contributed by atoms with E-state index in [-0.39, 0.29) is 32.9 Å². The molecule has 0 aromatic carbocycles. The second kappa shape index (κ2) is 11.2. The van der Waals surface area contributed by atoms with Crippen molar-refractivity contribution >= 4 is 69.5 Å². The fraction of sp³-hybridized carbons (Fsp3) is 0.364. The number of aliphatic carboxylic acids is 2. The number of hydrogen-bond donors (Lipinski definition) is 3. The van der Waals surface area contributed by atoms with E-state index < -0.39 is 40.8 Å². The van der Waals surface area contributed by atoms with E-state index in [2.05, 4.69) is 20.4 Å². The number of hydrogen-bond acceptors (Lipinski definition) is 13. The summed E-state index contributed by atoms with van der Waals surface area (Å²) >= 11 is 3.53. The Morgan fingerprint density at radius 1 is 1.41 bits per heavy atom. The van der Waals surface area contributed by atoms with Crippen LogP contribution in [-0.2, 0) is 31.1 Å². The smallest absolute Gasteiger partial charge is 0.359 e. The molecule has 206 valence electrons. The number of β-lactam (4-membered cyclic amide) rings is 1. The molecule has 4 rings (SSSR count). The lowest BCUT2D eigenvalue weighted by molar-refractivity contribution is -0.713. The minimum atomic E-state index is -1.75. The number of fused-ring (bicyclic) bond motifs is 1. The third-order valence-electron chi connectivity index (χ3n) is 5.64. The first kappa shape index (κ1) is 28.3. The zero-order chi connectivity index (χ0) is 28.5. The van der Waals surface area contributed by atoms with Crippen LogP contribution < -0.4 is 20.7 Å². The number of aryl methyl sites for hydroxylation is 1. The number of carbonyl (C=O) groups excluding carboxylic acids is 3. The van der Waals surface area contributed by atoms with Crippen molar-refractivity contribution in [3.8, 4) is 0 Å². The van der Waals surface area contributed by atoms with Gasteiger partial charge in [-0.15, -0.1) is 11.8 Å². The lowest BCUT2D eigenvalue weighted by Gasteiger charge is -2.50. The van der Waals surface area contributed by atoms with Gasteiger partial charge in [0.2, 0.25) is 5.60 Å². The lowest BCUT2D eigenvalue weighted by Crippen LogP contribution is -2.71. The largest absolute Gasteiger partial charge is 0.543 e. The molecule has 4 N–H and O–H groups in total. The summed E-state index contributed by atoms with van der Waals surface area (Å²) in [7, 11) is 1.81. The normalized spacial score (nSPS) is 19.3. The molecular weight excluding hydrogens is 570 g/mol. The number of nitrogen functional groups attached to an aromatic ring is 1. The Bertz CT molecular complexity index is 1410. The molecule has 2 aromatic rings. The number of nitrogens with zero attached hydrogens (tertiary/aromatic N) is 5. The van der Waals surface area contributed by atoms with E-state index in [9.17, 15) is 29.4 Å². The molecule has 4 heterocycles. The average Bonchev–Trinajstić information content (AvgIpc) is 3.31. The van der Waals surface area contributed by atoms with Gasteiger partial charge in [0.1, 0.15) is 17.6 Å². The summed E-state index contributed by atoms with van der Waals surface area (Å²) in [6, 6.07) is 0.700. The van der Waals surface area contributed by atoms with Crippen molar-refractivity contribution in [2.75, 3.05) is 17.2 Å². The predicted octanol–water partition coefficient (Wildman–Crippen LogP) is -1.28. The van der Waals surface area contributed by atoms with Gasteiger partial charge in [0.05, 0.1) is 29.8 Å². The maximum atomic E-state index is 13.2. The molecule has 2 aromatic heterocycles. The number of thioether (sulfide) groups is 2. The molecule has 17 heteroatoms. The number of carboxylic acid groups (broad SMARTS) is 2. The van der Waals surface area contributed by atoms with Crippen molar-refractivity contribution in [2.24, 2.45) is 12.2 Å². The van der Waals surface area contributed by atoms with Crippen molar-refractivity contribution in [3.05, 3.63) is 40.8 Å². The maximum absolute atomic E-state index is 13.2.